The van der Waals surface area contributed by atoms with Crippen LogP contribution in [0.5, 0.6) is 0 Å². The minimum atomic E-state index is -3.79. The van der Waals surface area contributed by atoms with Crippen LogP contribution in [0.15, 0.2) is 34.5 Å². The highest BCUT2D eigenvalue weighted by Crippen LogP contribution is 2.27. The van der Waals surface area contributed by atoms with Crippen molar-refractivity contribution in [2.75, 3.05) is 0 Å². The summed E-state index contributed by atoms with van der Waals surface area (Å²) in [5.41, 5.74) is 0. The van der Waals surface area contributed by atoms with Crippen LogP contribution in [-0.2, 0) is 10.7 Å². The predicted molar refractivity (Wildman–Crippen MR) is 43.7 cm³/mol. The third kappa shape index (κ3) is 3.46. The van der Waals surface area contributed by atoms with E-state index in [0.717, 1.165) is 0 Å². The molecule has 8 heteroatoms. The lowest BCUT2D eigenvalue weighted by atomic mass is 10.3. The van der Waals surface area contributed by atoms with E-state index in [1.807, 2.05) is 0 Å². The molecule has 0 aliphatic carbocycles. The summed E-state index contributed by atoms with van der Waals surface area (Å²) in [4.78, 5) is -1.65. The average molecular weight is 248 g/mol. The smallest absolute Gasteiger partial charge is 0.198 e. The minimum Gasteiger partial charge on any atom is -0.227 e. The Bertz CT molecular complexity index is 407. The standard InChI is InChI=1S/C7H5F5O2S/c1-3(9)7(15(13)14)6(12)5(11)4(10)2-8/h2,15H,1H3/b4-2-,6-5-,7-3-. The van der Waals surface area contributed by atoms with Gasteiger partial charge in [0.2, 0.25) is 0 Å². The van der Waals surface area contributed by atoms with E-state index >= 15 is 0 Å². The van der Waals surface area contributed by atoms with Gasteiger partial charge in [-0.2, -0.15) is 0 Å². The summed E-state index contributed by atoms with van der Waals surface area (Å²) in [5.74, 6) is -8.55. The van der Waals surface area contributed by atoms with Crippen molar-refractivity contribution in [2.24, 2.45) is 0 Å². The molecule has 15 heavy (non-hydrogen) atoms. The van der Waals surface area contributed by atoms with Gasteiger partial charge >= 0.3 is 0 Å². The Morgan fingerprint density at radius 3 is 1.80 bits per heavy atom. The van der Waals surface area contributed by atoms with E-state index < -0.39 is 45.2 Å². The second-order valence-corrected chi connectivity index (χ2v) is 3.19. The number of rotatable bonds is 3. The van der Waals surface area contributed by atoms with Gasteiger partial charge in [0.1, 0.15) is 17.1 Å². The van der Waals surface area contributed by atoms with Crippen LogP contribution in [-0.4, -0.2) is 8.42 Å². The summed E-state index contributed by atoms with van der Waals surface area (Å²) in [6, 6.07) is 0. The SMILES string of the molecule is C\C(F)=C(/C(F)=C(F)\C(F)=C\F)[SH](=O)=O. The van der Waals surface area contributed by atoms with Crippen molar-refractivity contribution in [3.63, 3.8) is 0 Å². The molecule has 0 aliphatic heterocycles. The van der Waals surface area contributed by atoms with E-state index in [9.17, 15) is 30.4 Å². The highest BCUT2D eigenvalue weighted by molar-refractivity contribution is 7.77. The summed E-state index contributed by atoms with van der Waals surface area (Å²) in [5, 5.41) is 0. The third-order valence-corrected chi connectivity index (χ3v) is 2.08. The maximum atomic E-state index is 12.8. The fourth-order valence-electron chi connectivity index (χ4n) is 0.614. The molecular formula is C7H5F5O2S. The van der Waals surface area contributed by atoms with Gasteiger partial charge in [0, 0.05) is 0 Å². The maximum Gasteiger partial charge on any atom is 0.198 e. The van der Waals surface area contributed by atoms with Gasteiger partial charge in [-0.05, 0) is 6.92 Å². The fraction of sp³-hybridized carbons (Fsp3) is 0.143. The first kappa shape index (κ1) is 13.8. The van der Waals surface area contributed by atoms with Crippen LogP contribution >= 0.6 is 0 Å². The lowest BCUT2D eigenvalue weighted by Crippen LogP contribution is -1.93. The number of hydrogen-bond donors (Lipinski definition) is 1. The summed E-state index contributed by atoms with van der Waals surface area (Å²) in [6.45, 7) is 0.532. The number of allylic oxidation sites excluding steroid dienone is 4. The first-order chi connectivity index (χ1) is 6.82. The zero-order chi connectivity index (χ0) is 12.2. The van der Waals surface area contributed by atoms with Crippen LogP contribution in [0.1, 0.15) is 6.92 Å². The molecule has 0 amide bonds. The van der Waals surface area contributed by atoms with E-state index in [2.05, 4.69) is 0 Å². The molecule has 0 saturated carbocycles. The summed E-state index contributed by atoms with van der Waals surface area (Å²) in [6.07, 6.45) is -0.919. The lowest BCUT2D eigenvalue weighted by molar-refractivity contribution is 0.483. The molecule has 0 unspecified atom stereocenters. The van der Waals surface area contributed by atoms with Crippen molar-refractivity contribution in [3.05, 3.63) is 34.5 Å². The van der Waals surface area contributed by atoms with Crippen molar-refractivity contribution in [3.8, 4) is 0 Å². The molecule has 0 aromatic carbocycles. The zero-order valence-electron chi connectivity index (χ0n) is 7.23. The molecule has 0 heterocycles. The first-order valence-electron chi connectivity index (χ1n) is 3.35. The Balaban J connectivity index is 5.70. The second-order valence-electron chi connectivity index (χ2n) is 2.22. The van der Waals surface area contributed by atoms with E-state index in [4.69, 9.17) is 0 Å². The highest BCUT2D eigenvalue weighted by Gasteiger charge is 2.20. The van der Waals surface area contributed by atoms with Crippen LogP contribution in [0.2, 0.25) is 0 Å². The molecule has 86 valence electrons. The number of halogens is 5. The summed E-state index contributed by atoms with van der Waals surface area (Å²) >= 11 is 0. The van der Waals surface area contributed by atoms with Crippen molar-refractivity contribution in [1.82, 2.24) is 0 Å². The van der Waals surface area contributed by atoms with E-state index in [1.54, 1.807) is 0 Å². The Kier molecular flexibility index (Phi) is 5.20. The van der Waals surface area contributed by atoms with Gasteiger partial charge in [-0.3, -0.25) is 0 Å². The molecule has 0 spiro atoms. The molecule has 2 nitrogen and oxygen atoms in total. The van der Waals surface area contributed by atoms with Crippen LogP contribution in [0, 0.1) is 0 Å². The van der Waals surface area contributed by atoms with Gasteiger partial charge in [-0.15, -0.1) is 0 Å². The average Bonchev–Trinajstić information content (AvgIpc) is 2.14. The first-order valence-corrected chi connectivity index (χ1v) is 4.53. The van der Waals surface area contributed by atoms with Crippen LogP contribution in [0.3, 0.4) is 0 Å². The van der Waals surface area contributed by atoms with Crippen molar-refractivity contribution in [2.45, 2.75) is 6.92 Å². The largest absolute Gasteiger partial charge is 0.227 e. The summed E-state index contributed by atoms with van der Waals surface area (Å²) < 4.78 is 81.8. The summed E-state index contributed by atoms with van der Waals surface area (Å²) in [7, 11) is -3.79. The molecule has 0 fully saturated rings. The minimum absolute atomic E-state index is 0.532. The van der Waals surface area contributed by atoms with Gasteiger partial charge in [0.25, 0.3) is 0 Å². The van der Waals surface area contributed by atoms with E-state index in [0.29, 0.717) is 6.92 Å². The van der Waals surface area contributed by atoms with Gasteiger partial charge in [-0.25, -0.2) is 30.4 Å². The highest BCUT2D eigenvalue weighted by atomic mass is 32.2. The monoisotopic (exact) mass is 248 g/mol. The van der Waals surface area contributed by atoms with Crippen molar-refractivity contribution < 1.29 is 30.4 Å². The van der Waals surface area contributed by atoms with Crippen LogP contribution < -0.4 is 0 Å². The van der Waals surface area contributed by atoms with E-state index in [-0.39, 0.29) is 0 Å². The number of thiol groups is 1. The van der Waals surface area contributed by atoms with Crippen molar-refractivity contribution in [1.29, 1.82) is 0 Å². The molecule has 0 rings (SSSR count). The van der Waals surface area contributed by atoms with Gasteiger partial charge < -0.3 is 0 Å². The number of hydrogen-bond acceptors (Lipinski definition) is 2. The molecule has 0 N–H and O–H groups in total. The molecule has 0 bridgehead atoms. The molecular weight excluding hydrogens is 243 g/mol. The van der Waals surface area contributed by atoms with Crippen molar-refractivity contribution >= 4 is 10.7 Å². The second kappa shape index (κ2) is 5.64. The Hall–Kier alpha value is -1.18. The molecule has 0 saturated heterocycles. The maximum absolute atomic E-state index is 12.8. The van der Waals surface area contributed by atoms with E-state index in [1.165, 1.54) is 0 Å². The van der Waals surface area contributed by atoms with Gasteiger partial charge in [-0.1, -0.05) is 0 Å². The molecule has 0 radical (unpaired) electrons. The topological polar surface area (TPSA) is 34.1 Å². The fourth-order valence-corrected chi connectivity index (χ4v) is 1.12. The Labute approximate surface area is 83.3 Å². The Morgan fingerprint density at radius 1 is 1.07 bits per heavy atom. The van der Waals surface area contributed by atoms with Crippen LogP contribution in [0.25, 0.3) is 0 Å². The van der Waals surface area contributed by atoms with Gasteiger partial charge in [0.05, 0.1) is 0 Å². The molecule has 0 aliphatic rings. The Morgan fingerprint density at radius 2 is 1.53 bits per heavy atom. The molecule has 0 atom stereocenters. The lowest BCUT2D eigenvalue weighted by Gasteiger charge is -1.98. The van der Waals surface area contributed by atoms with Gasteiger partial charge in [0.15, 0.2) is 28.2 Å². The predicted octanol–water partition coefficient (Wildman–Crippen LogP) is 2.73. The molecule has 0 aromatic heterocycles. The van der Waals surface area contributed by atoms with Crippen LogP contribution in [0.4, 0.5) is 22.0 Å². The third-order valence-electron chi connectivity index (χ3n) is 1.21. The normalized spacial score (nSPS) is 16.3. The quantitative estimate of drug-likeness (QED) is 0.473. The zero-order valence-corrected chi connectivity index (χ0v) is 8.13. The molecule has 0 aromatic rings.